The van der Waals surface area contributed by atoms with Gasteiger partial charge < -0.3 is 5.73 Å². The molecule has 0 aromatic carbocycles. The molecule has 2 heterocycles. The summed E-state index contributed by atoms with van der Waals surface area (Å²) in [6.45, 7) is 2.03. The van der Waals surface area contributed by atoms with Gasteiger partial charge in [-0.15, -0.1) is 16.4 Å². The lowest BCUT2D eigenvalue weighted by atomic mass is 10.3. The van der Waals surface area contributed by atoms with Crippen LogP contribution in [0.25, 0.3) is 0 Å². The van der Waals surface area contributed by atoms with Crippen molar-refractivity contribution in [1.29, 1.82) is 0 Å². The number of nitrogens with zero attached hydrogens (tertiary/aromatic N) is 3. The van der Waals surface area contributed by atoms with Crippen molar-refractivity contribution in [1.82, 2.24) is 20.2 Å². The van der Waals surface area contributed by atoms with Crippen molar-refractivity contribution < 1.29 is 0 Å². The van der Waals surface area contributed by atoms with E-state index in [0.717, 1.165) is 17.9 Å². The predicted octanol–water partition coefficient (Wildman–Crippen LogP) is 1.49. The zero-order chi connectivity index (χ0) is 10.7. The van der Waals surface area contributed by atoms with Gasteiger partial charge >= 0.3 is 0 Å². The van der Waals surface area contributed by atoms with Gasteiger partial charge in [-0.25, -0.2) is 10.1 Å². The van der Waals surface area contributed by atoms with Crippen LogP contribution in [0.5, 0.6) is 0 Å². The van der Waals surface area contributed by atoms with E-state index in [0.29, 0.717) is 11.1 Å². The van der Waals surface area contributed by atoms with E-state index in [-0.39, 0.29) is 0 Å². The van der Waals surface area contributed by atoms with Gasteiger partial charge in [-0.3, -0.25) is 0 Å². The van der Waals surface area contributed by atoms with Crippen molar-refractivity contribution in [3.05, 3.63) is 16.1 Å². The van der Waals surface area contributed by atoms with Crippen LogP contribution in [-0.2, 0) is 6.42 Å². The van der Waals surface area contributed by atoms with Gasteiger partial charge in [0.05, 0.1) is 11.2 Å². The largest absolute Gasteiger partial charge is 0.368 e. The first kappa shape index (κ1) is 10.4. The molecule has 2 aromatic heterocycles. The van der Waals surface area contributed by atoms with E-state index in [9.17, 15) is 0 Å². The standard InChI is InChI=1S/C8H11N5S2/c1-5-6(15-4-10-5)2-3-14-8-11-7(9)12-13-8/h4H,2-3H2,1H3,(H3,9,11,12,13). The summed E-state index contributed by atoms with van der Waals surface area (Å²) in [7, 11) is 0. The zero-order valence-corrected chi connectivity index (χ0v) is 9.86. The molecule has 15 heavy (non-hydrogen) atoms. The first-order chi connectivity index (χ1) is 7.25. The van der Waals surface area contributed by atoms with E-state index in [2.05, 4.69) is 20.2 Å². The summed E-state index contributed by atoms with van der Waals surface area (Å²) in [5, 5.41) is 7.26. The maximum Gasteiger partial charge on any atom is 0.216 e. The van der Waals surface area contributed by atoms with Crippen molar-refractivity contribution in [2.24, 2.45) is 0 Å². The van der Waals surface area contributed by atoms with Gasteiger partial charge in [-0.1, -0.05) is 11.8 Å². The molecule has 0 fully saturated rings. The third-order valence-corrected chi connectivity index (χ3v) is 3.73. The molecule has 0 radical (unpaired) electrons. The minimum absolute atomic E-state index is 0.367. The summed E-state index contributed by atoms with van der Waals surface area (Å²) in [4.78, 5) is 9.54. The van der Waals surface area contributed by atoms with Crippen LogP contribution in [0.1, 0.15) is 10.6 Å². The molecule has 3 N–H and O–H groups in total. The fourth-order valence-corrected chi connectivity index (χ4v) is 2.80. The fraction of sp³-hybridized carbons (Fsp3) is 0.375. The van der Waals surface area contributed by atoms with E-state index in [1.165, 1.54) is 4.88 Å². The van der Waals surface area contributed by atoms with Crippen LogP contribution >= 0.6 is 23.1 Å². The van der Waals surface area contributed by atoms with E-state index in [4.69, 9.17) is 5.73 Å². The highest BCUT2D eigenvalue weighted by molar-refractivity contribution is 7.99. The number of thioether (sulfide) groups is 1. The molecule has 2 rings (SSSR count). The molecule has 0 spiro atoms. The Kier molecular flexibility index (Phi) is 3.22. The second-order valence-corrected chi connectivity index (χ2v) is 4.96. The van der Waals surface area contributed by atoms with Crippen molar-refractivity contribution in [2.75, 3.05) is 11.5 Å². The average Bonchev–Trinajstić information content (AvgIpc) is 2.77. The Morgan fingerprint density at radius 3 is 3.07 bits per heavy atom. The van der Waals surface area contributed by atoms with E-state index < -0.39 is 0 Å². The number of aryl methyl sites for hydroxylation is 2. The Hall–Kier alpha value is -1.08. The number of nitrogens with one attached hydrogen (secondary N) is 1. The lowest BCUT2D eigenvalue weighted by Gasteiger charge is -1.95. The highest BCUT2D eigenvalue weighted by Crippen LogP contribution is 2.18. The number of thiazole rings is 1. The molecule has 0 atom stereocenters. The van der Waals surface area contributed by atoms with Crippen molar-refractivity contribution in [3.8, 4) is 0 Å². The maximum atomic E-state index is 5.42. The van der Waals surface area contributed by atoms with Crippen LogP contribution in [0.4, 0.5) is 5.95 Å². The molecule has 0 amide bonds. The molecule has 0 aliphatic rings. The van der Waals surface area contributed by atoms with Crippen LogP contribution in [0.15, 0.2) is 10.7 Å². The fourth-order valence-electron chi connectivity index (χ4n) is 1.12. The average molecular weight is 241 g/mol. The summed E-state index contributed by atoms with van der Waals surface area (Å²) in [6.07, 6.45) is 0.996. The highest BCUT2D eigenvalue weighted by Gasteiger charge is 2.04. The van der Waals surface area contributed by atoms with Crippen LogP contribution in [-0.4, -0.2) is 25.9 Å². The monoisotopic (exact) mass is 241 g/mol. The van der Waals surface area contributed by atoms with Gasteiger partial charge in [0.25, 0.3) is 0 Å². The summed E-state index contributed by atoms with van der Waals surface area (Å²) in [5.74, 6) is 1.31. The lowest BCUT2D eigenvalue weighted by molar-refractivity contribution is 0.971. The van der Waals surface area contributed by atoms with Crippen LogP contribution in [0.2, 0.25) is 0 Å². The molecule has 0 saturated heterocycles. The minimum Gasteiger partial charge on any atom is -0.368 e. The topological polar surface area (TPSA) is 80.5 Å². The number of aromatic nitrogens is 4. The molecule has 0 unspecified atom stereocenters. The van der Waals surface area contributed by atoms with Crippen LogP contribution in [0.3, 0.4) is 0 Å². The molecule has 80 valence electrons. The molecular weight excluding hydrogens is 230 g/mol. The summed E-state index contributed by atoms with van der Waals surface area (Å²) < 4.78 is 0. The number of anilines is 1. The normalized spacial score (nSPS) is 10.7. The number of aromatic amines is 1. The highest BCUT2D eigenvalue weighted by atomic mass is 32.2. The minimum atomic E-state index is 0.367. The van der Waals surface area contributed by atoms with Crippen molar-refractivity contribution in [2.45, 2.75) is 18.5 Å². The third kappa shape index (κ3) is 2.69. The van der Waals surface area contributed by atoms with Crippen molar-refractivity contribution >= 4 is 29.0 Å². The zero-order valence-electron chi connectivity index (χ0n) is 8.23. The van der Waals surface area contributed by atoms with Gasteiger partial charge in [-0.05, 0) is 13.3 Å². The van der Waals surface area contributed by atoms with Crippen LogP contribution in [0, 0.1) is 6.92 Å². The number of hydrogen-bond donors (Lipinski definition) is 2. The molecule has 5 nitrogen and oxygen atoms in total. The van der Waals surface area contributed by atoms with Gasteiger partial charge in [0, 0.05) is 10.6 Å². The second-order valence-electron chi connectivity index (χ2n) is 2.96. The van der Waals surface area contributed by atoms with Gasteiger partial charge in [0.15, 0.2) is 0 Å². The molecular formula is C8H11N5S2. The third-order valence-electron chi connectivity index (χ3n) is 1.89. The second kappa shape index (κ2) is 4.63. The molecule has 0 aliphatic carbocycles. The predicted molar refractivity (Wildman–Crippen MR) is 62.1 cm³/mol. The summed E-state index contributed by atoms with van der Waals surface area (Å²) in [6, 6.07) is 0. The van der Waals surface area contributed by atoms with E-state index in [1.54, 1.807) is 23.1 Å². The SMILES string of the molecule is Cc1ncsc1CCSc1n[nH]c(N)n1. The summed E-state index contributed by atoms with van der Waals surface area (Å²) >= 11 is 3.29. The van der Waals surface area contributed by atoms with Crippen LogP contribution < -0.4 is 5.73 Å². The Morgan fingerprint density at radius 2 is 2.47 bits per heavy atom. The smallest absolute Gasteiger partial charge is 0.216 e. The number of nitrogen functional groups attached to an aromatic ring is 1. The Balaban J connectivity index is 1.83. The number of H-pyrrole nitrogens is 1. The lowest BCUT2D eigenvalue weighted by Crippen LogP contribution is -1.89. The summed E-state index contributed by atoms with van der Waals surface area (Å²) in [5.41, 5.74) is 8.41. The number of nitrogens with two attached hydrogens (primary N) is 1. The Labute approximate surface area is 95.5 Å². The molecule has 7 heteroatoms. The van der Waals surface area contributed by atoms with E-state index >= 15 is 0 Å². The van der Waals surface area contributed by atoms with E-state index in [1.807, 2.05) is 12.4 Å². The molecule has 0 saturated carbocycles. The molecule has 0 aliphatic heterocycles. The van der Waals surface area contributed by atoms with Gasteiger partial charge in [0.1, 0.15) is 0 Å². The van der Waals surface area contributed by atoms with Gasteiger partial charge in [-0.2, -0.15) is 4.98 Å². The number of hydrogen-bond acceptors (Lipinski definition) is 6. The quantitative estimate of drug-likeness (QED) is 0.793. The molecule has 0 bridgehead atoms. The maximum absolute atomic E-state index is 5.42. The van der Waals surface area contributed by atoms with Crippen molar-refractivity contribution in [3.63, 3.8) is 0 Å². The number of rotatable bonds is 4. The Morgan fingerprint density at radius 1 is 1.60 bits per heavy atom. The first-order valence-electron chi connectivity index (χ1n) is 4.45. The first-order valence-corrected chi connectivity index (χ1v) is 6.32. The Bertz CT molecular complexity index is 436. The molecule has 2 aromatic rings. The van der Waals surface area contributed by atoms with Gasteiger partial charge in [0.2, 0.25) is 11.1 Å².